The lowest BCUT2D eigenvalue weighted by Gasteiger charge is -2.32. The molecule has 1 fully saturated rings. The van der Waals surface area contributed by atoms with Crippen molar-refractivity contribution in [1.29, 1.82) is 5.26 Å². The number of aliphatic carboxylic acids is 1. The van der Waals surface area contributed by atoms with E-state index in [9.17, 15) is 13.2 Å². The van der Waals surface area contributed by atoms with Crippen molar-refractivity contribution < 1.29 is 23.1 Å². The molecule has 0 radical (unpaired) electrons. The summed E-state index contributed by atoms with van der Waals surface area (Å²) in [6.45, 7) is 1.52. The van der Waals surface area contributed by atoms with Gasteiger partial charge in [-0.2, -0.15) is 9.57 Å². The van der Waals surface area contributed by atoms with E-state index in [1.807, 2.05) is 6.07 Å². The molecule has 21 heavy (non-hydrogen) atoms. The van der Waals surface area contributed by atoms with E-state index in [0.29, 0.717) is 5.56 Å². The van der Waals surface area contributed by atoms with Crippen LogP contribution in [-0.4, -0.2) is 49.6 Å². The van der Waals surface area contributed by atoms with Gasteiger partial charge in [0.05, 0.1) is 29.7 Å². The van der Waals surface area contributed by atoms with Crippen LogP contribution in [0.1, 0.15) is 11.1 Å². The minimum Gasteiger partial charge on any atom is -0.480 e. The minimum absolute atomic E-state index is 0.0322. The summed E-state index contributed by atoms with van der Waals surface area (Å²) in [5, 5.41) is 18.0. The van der Waals surface area contributed by atoms with Gasteiger partial charge in [-0.15, -0.1) is 0 Å². The molecule has 1 saturated heterocycles. The minimum atomic E-state index is -4.00. The molecular weight excluding hydrogens is 296 g/mol. The number of aryl methyl sites for hydroxylation is 1. The Morgan fingerprint density at radius 3 is 2.86 bits per heavy atom. The third-order valence-corrected chi connectivity index (χ3v) is 5.32. The lowest BCUT2D eigenvalue weighted by molar-refractivity contribution is -0.146. The summed E-state index contributed by atoms with van der Waals surface area (Å²) in [6.07, 6.45) is 0. The van der Waals surface area contributed by atoms with Crippen LogP contribution in [0.3, 0.4) is 0 Å². The van der Waals surface area contributed by atoms with Crippen LogP contribution in [0.25, 0.3) is 0 Å². The van der Waals surface area contributed by atoms with Crippen LogP contribution in [0.4, 0.5) is 0 Å². The molecule has 0 bridgehead atoms. The van der Waals surface area contributed by atoms with Crippen LogP contribution < -0.4 is 0 Å². The van der Waals surface area contributed by atoms with Gasteiger partial charge in [-0.05, 0) is 24.6 Å². The molecule has 0 spiro atoms. The highest BCUT2D eigenvalue weighted by atomic mass is 32.2. The Kier molecular flexibility index (Phi) is 4.27. The normalized spacial score (nSPS) is 19.9. The first-order valence-corrected chi connectivity index (χ1v) is 7.65. The maximum atomic E-state index is 12.7. The summed E-state index contributed by atoms with van der Waals surface area (Å²) in [5.74, 6) is -1.26. The van der Waals surface area contributed by atoms with Crippen LogP contribution in [0.15, 0.2) is 23.1 Å². The summed E-state index contributed by atoms with van der Waals surface area (Å²) < 4.78 is 31.3. The number of benzene rings is 1. The Morgan fingerprint density at radius 1 is 1.52 bits per heavy atom. The fraction of sp³-hybridized carbons (Fsp3) is 0.385. The molecule has 2 rings (SSSR count). The van der Waals surface area contributed by atoms with E-state index in [2.05, 4.69) is 0 Å². The highest BCUT2D eigenvalue weighted by Crippen LogP contribution is 2.24. The first kappa shape index (κ1) is 15.4. The molecule has 112 valence electrons. The van der Waals surface area contributed by atoms with Gasteiger partial charge in [-0.3, -0.25) is 4.79 Å². The Balaban J connectivity index is 2.50. The van der Waals surface area contributed by atoms with Crippen LogP contribution >= 0.6 is 0 Å². The summed E-state index contributed by atoms with van der Waals surface area (Å²) in [5.41, 5.74) is 0.670. The van der Waals surface area contributed by atoms with Crippen LogP contribution in [-0.2, 0) is 19.6 Å². The number of nitriles is 1. The van der Waals surface area contributed by atoms with Gasteiger partial charge in [-0.1, -0.05) is 6.07 Å². The smallest absolute Gasteiger partial charge is 0.324 e. The second-order valence-electron chi connectivity index (χ2n) is 4.64. The lowest BCUT2D eigenvalue weighted by atomic mass is 10.2. The van der Waals surface area contributed by atoms with Gasteiger partial charge < -0.3 is 9.84 Å². The van der Waals surface area contributed by atoms with Gasteiger partial charge in [0.15, 0.2) is 0 Å². The predicted octanol–water partition coefficient (Wildman–Crippen LogP) is 0.341. The molecule has 1 heterocycles. The lowest BCUT2D eigenvalue weighted by Crippen LogP contribution is -2.52. The standard InChI is InChI=1S/C13H14N2O5S/c1-9-2-3-10(7-14)6-12(9)21(18,19)15-4-5-20-8-11(15)13(16)17/h2-3,6,11H,4-5,8H2,1H3,(H,16,17). The van der Waals surface area contributed by atoms with Crippen molar-refractivity contribution >= 4 is 16.0 Å². The highest BCUT2D eigenvalue weighted by Gasteiger charge is 2.39. The molecule has 8 heteroatoms. The largest absolute Gasteiger partial charge is 0.480 e. The van der Waals surface area contributed by atoms with Gasteiger partial charge >= 0.3 is 5.97 Å². The molecule has 7 nitrogen and oxygen atoms in total. The van der Waals surface area contributed by atoms with E-state index in [1.165, 1.54) is 18.2 Å². The van der Waals surface area contributed by atoms with Crippen LogP contribution in [0.5, 0.6) is 0 Å². The van der Waals surface area contributed by atoms with Crippen molar-refractivity contribution in [3.8, 4) is 6.07 Å². The second-order valence-corrected chi connectivity index (χ2v) is 6.50. The molecule has 0 saturated carbocycles. The van der Waals surface area contributed by atoms with Gasteiger partial charge in [0.1, 0.15) is 6.04 Å². The van der Waals surface area contributed by atoms with E-state index in [-0.39, 0.29) is 30.2 Å². The monoisotopic (exact) mass is 310 g/mol. The van der Waals surface area contributed by atoms with E-state index < -0.39 is 22.0 Å². The maximum Gasteiger partial charge on any atom is 0.324 e. The molecule has 1 aromatic carbocycles. The first-order valence-electron chi connectivity index (χ1n) is 6.21. The molecule has 1 aliphatic rings. The Labute approximate surface area is 122 Å². The number of sulfonamides is 1. The van der Waals surface area contributed by atoms with Crippen molar-refractivity contribution in [2.45, 2.75) is 17.9 Å². The maximum absolute atomic E-state index is 12.7. The summed E-state index contributed by atoms with van der Waals surface area (Å²) in [4.78, 5) is 11.2. The summed E-state index contributed by atoms with van der Waals surface area (Å²) in [6, 6.07) is 4.93. The number of hydrogen-bond acceptors (Lipinski definition) is 5. The average molecular weight is 310 g/mol. The second kappa shape index (κ2) is 5.81. The zero-order valence-electron chi connectivity index (χ0n) is 11.3. The molecule has 1 N–H and O–H groups in total. The topological polar surface area (TPSA) is 108 Å². The van der Waals surface area contributed by atoms with E-state index in [0.717, 1.165) is 4.31 Å². The van der Waals surface area contributed by atoms with Gasteiger partial charge in [0.25, 0.3) is 0 Å². The molecule has 0 aliphatic carbocycles. The number of rotatable bonds is 3. The van der Waals surface area contributed by atoms with Crippen molar-refractivity contribution in [3.63, 3.8) is 0 Å². The molecule has 0 aromatic heterocycles. The number of morpholine rings is 1. The number of nitrogens with zero attached hydrogens (tertiary/aromatic N) is 2. The zero-order chi connectivity index (χ0) is 15.6. The number of ether oxygens (including phenoxy) is 1. The SMILES string of the molecule is Cc1ccc(C#N)cc1S(=O)(=O)N1CCOCC1C(=O)O. The molecule has 1 aromatic rings. The number of carbonyl (C=O) groups is 1. The molecule has 0 amide bonds. The van der Waals surface area contributed by atoms with Crippen molar-refractivity contribution in [1.82, 2.24) is 4.31 Å². The number of carboxylic acid groups (broad SMARTS) is 1. The average Bonchev–Trinajstić information content (AvgIpc) is 2.47. The van der Waals surface area contributed by atoms with E-state index in [1.54, 1.807) is 6.92 Å². The summed E-state index contributed by atoms with van der Waals surface area (Å²) >= 11 is 0. The predicted molar refractivity (Wildman–Crippen MR) is 72.0 cm³/mol. The molecule has 1 unspecified atom stereocenters. The third-order valence-electron chi connectivity index (χ3n) is 3.27. The summed E-state index contributed by atoms with van der Waals surface area (Å²) in [7, 11) is -4.00. The van der Waals surface area contributed by atoms with Crippen molar-refractivity contribution in [2.24, 2.45) is 0 Å². The number of hydrogen-bond donors (Lipinski definition) is 1. The van der Waals surface area contributed by atoms with E-state index >= 15 is 0 Å². The van der Waals surface area contributed by atoms with Gasteiger partial charge in [0.2, 0.25) is 10.0 Å². The highest BCUT2D eigenvalue weighted by molar-refractivity contribution is 7.89. The Morgan fingerprint density at radius 2 is 2.24 bits per heavy atom. The molecular formula is C13H14N2O5S. The van der Waals surface area contributed by atoms with Crippen LogP contribution in [0.2, 0.25) is 0 Å². The van der Waals surface area contributed by atoms with Gasteiger partial charge in [-0.25, -0.2) is 8.42 Å². The van der Waals surface area contributed by atoms with Crippen molar-refractivity contribution in [3.05, 3.63) is 29.3 Å². The van der Waals surface area contributed by atoms with Gasteiger partial charge in [0, 0.05) is 6.54 Å². The molecule has 1 aliphatic heterocycles. The third kappa shape index (κ3) is 2.90. The van der Waals surface area contributed by atoms with Crippen LogP contribution in [0, 0.1) is 18.3 Å². The Bertz CT molecular complexity index is 708. The van der Waals surface area contributed by atoms with Crippen molar-refractivity contribution in [2.75, 3.05) is 19.8 Å². The fourth-order valence-corrected chi connectivity index (χ4v) is 3.95. The quantitative estimate of drug-likeness (QED) is 0.862. The van der Waals surface area contributed by atoms with E-state index in [4.69, 9.17) is 15.1 Å². The number of carboxylic acids is 1. The zero-order valence-corrected chi connectivity index (χ0v) is 12.1. The molecule has 1 atom stereocenters. The Hall–Kier alpha value is -1.95. The first-order chi connectivity index (χ1) is 9.87. The fourth-order valence-electron chi connectivity index (χ4n) is 2.14.